The molecule has 1 rings (SSSR count). The summed E-state index contributed by atoms with van der Waals surface area (Å²) < 4.78 is 5.02. The number of methoxy groups -OCH3 is 1. The summed E-state index contributed by atoms with van der Waals surface area (Å²) in [5.41, 5.74) is -0.386. The number of ether oxygens (including phenoxy) is 1. The van der Waals surface area contributed by atoms with Crippen LogP contribution in [0.2, 0.25) is 0 Å². The van der Waals surface area contributed by atoms with Crippen molar-refractivity contribution in [2.45, 2.75) is 26.3 Å². The highest BCUT2D eigenvalue weighted by molar-refractivity contribution is 5.68. The maximum absolute atomic E-state index is 11.6. The zero-order valence-electron chi connectivity index (χ0n) is 10.6. The van der Waals surface area contributed by atoms with E-state index in [9.17, 15) is 9.59 Å². The first-order valence-electron chi connectivity index (χ1n) is 5.61. The molecule has 100 valence electrons. The molecule has 0 amide bonds. The largest absolute Gasteiger partial charge is 0.489 e. The predicted molar refractivity (Wildman–Crippen MR) is 66.1 cm³/mol. The highest BCUT2D eigenvalue weighted by Gasteiger charge is 2.21. The molecule has 7 nitrogen and oxygen atoms in total. The molecule has 1 aromatic rings. The van der Waals surface area contributed by atoms with E-state index in [-0.39, 0.29) is 23.8 Å². The van der Waals surface area contributed by atoms with Crippen LogP contribution in [0.15, 0.2) is 11.1 Å². The molecule has 0 aromatic carbocycles. The number of anilines is 1. The van der Waals surface area contributed by atoms with Gasteiger partial charge in [0.25, 0.3) is 5.56 Å². The van der Waals surface area contributed by atoms with Crippen molar-refractivity contribution >= 4 is 11.8 Å². The summed E-state index contributed by atoms with van der Waals surface area (Å²) >= 11 is 0. The molecule has 0 spiro atoms. The number of hydrogen-bond acceptors (Lipinski definition) is 5. The first-order valence-corrected chi connectivity index (χ1v) is 5.61. The summed E-state index contributed by atoms with van der Waals surface area (Å²) in [6, 6.07) is -0.282. The summed E-state index contributed by atoms with van der Waals surface area (Å²) in [4.78, 5) is 30.5. The van der Waals surface area contributed by atoms with Crippen molar-refractivity contribution in [3.8, 4) is 5.75 Å². The number of carboxylic acids is 1. The van der Waals surface area contributed by atoms with E-state index in [4.69, 9.17) is 9.84 Å². The quantitative estimate of drug-likeness (QED) is 0.767. The van der Waals surface area contributed by atoms with Gasteiger partial charge in [-0.1, -0.05) is 0 Å². The van der Waals surface area contributed by atoms with Crippen LogP contribution >= 0.6 is 0 Å². The predicted octanol–water partition coefficient (Wildman–Crippen LogP) is 0.468. The van der Waals surface area contributed by atoms with E-state index in [0.717, 1.165) is 0 Å². The molecule has 0 saturated heterocycles. The molecule has 0 fully saturated rings. The number of carbonyl (C=O) groups is 1. The van der Waals surface area contributed by atoms with E-state index in [2.05, 4.69) is 9.97 Å². The van der Waals surface area contributed by atoms with Crippen LogP contribution in [0, 0.1) is 0 Å². The molecule has 0 aliphatic heterocycles. The van der Waals surface area contributed by atoms with Gasteiger partial charge in [-0.05, 0) is 13.8 Å². The molecule has 0 radical (unpaired) electrons. The van der Waals surface area contributed by atoms with Gasteiger partial charge in [0, 0.05) is 12.6 Å². The Kier molecular flexibility index (Phi) is 4.70. The summed E-state index contributed by atoms with van der Waals surface area (Å²) in [6.45, 7) is 4.15. The molecule has 0 bridgehead atoms. The fourth-order valence-corrected chi connectivity index (χ4v) is 1.80. The van der Waals surface area contributed by atoms with Crippen molar-refractivity contribution in [3.63, 3.8) is 0 Å². The lowest BCUT2D eigenvalue weighted by molar-refractivity contribution is -0.137. The highest BCUT2D eigenvalue weighted by atomic mass is 16.5. The molecular weight excluding hydrogens is 238 g/mol. The van der Waals surface area contributed by atoms with Crippen molar-refractivity contribution in [2.75, 3.05) is 18.6 Å². The van der Waals surface area contributed by atoms with Crippen LogP contribution in [-0.4, -0.2) is 40.7 Å². The maximum Gasteiger partial charge on any atom is 0.305 e. The molecule has 2 N–H and O–H groups in total. The first-order chi connectivity index (χ1) is 8.51. The van der Waals surface area contributed by atoms with Gasteiger partial charge in [-0.3, -0.25) is 9.59 Å². The molecule has 18 heavy (non-hydrogen) atoms. The Hall–Kier alpha value is -2.05. The van der Waals surface area contributed by atoms with Gasteiger partial charge in [-0.2, -0.15) is 0 Å². The van der Waals surface area contributed by atoms with Gasteiger partial charge in [-0.25, -0.2) is 4.98 Å². The second-order valence-electron chi connectivity index (χ2n) is 3.82. The minimum Gasteiger partial charge on any atom is -0.489 e. The average molecular weight is 255 g/mol. The third-order valence-corrected chi connectivity index (χ3v) is 2.61. The lowest BCUT2D eigenvalue weighted by atomic mass is 10.2. The zero-order chi connectivity index (χ0) is 13.7. The van der Waals surface area contributed by atoms with Crippen molar-refractivity contribution in [1.82, 2.24) is 9.97 Å². The zero-order valence-corrected chi connectivity index (χ0v) is 10.6. The molecule has 7 heteroatoms. The molecular formula is C11H17N3O4. The number of aromatic nitrogens is 2. The van der Waals surface area contributed by atoms with Crippen LogP contribution in [0.1, 0.15) is 20.3 Å². The van der Waals surface area contributed by atoms with Crippen LogP contribution in [-0.2, 0) is 4.79 Å². The fourth-order valence-electron chi connectivity index (χ4n) is 1.80. The lowest BCUT2D eigenvalue weighted by Gasteiger charge is -2.28. The van der Waals surface area contributed by atoms with E-state index >= 15 is 0 Å². The second kappa shape index (κ2) is 6.04. The number of carboxylic acid groups (broad SMARTS) is 1. The second-order valence-corrected chi connectivity index (χ2v) is 3.82. The Labute approximate surface area is 104 Å². The van der Waals surface area contributed by atoms with Crippen LogP contribution in [0.3, 0.4) is 0 Å². The van der Waals surface area contributed by atoms with E-state index in [1.165, 1.54) is 13.4 Å². The van der Waals surface area contributed by atoms with Crippen LogP contribution < -0.4 is 15.2 Å². The van der Waals surface area contributed by atoms with Crippen molar-refractivity contribution in [1.29, 1.82) is 0 Å². The van der Waals surface area contributed by atoms with E-state index < -0.39 is 5.97 Å². The number of aromatic amines is 1. The van der Waals surface area contributed by atoms with E-state index in [1.54, 1.807) is 11.8 Å². The van der Waals surface area contributed by atoms with Gasteiger partial charge in [0.05, 0.1) is 19.9 Å². The van der Waals surface area contributed by atoms with Gasteiger partial charge < -0.3 is 19.7 Å². The third kappa shape index (κ3) is 2.99. The monoisotopic (exact) mass is 255 g/mol. The van der Waals surface area contributed by atoms with Crippen LogP contribution in [0.25, 0.3) is 0 Å². The number of nitrogens with zero attached hydrogens (tertiary/aromatic N) is 2. The maximum atomic E-state index is 11.6. The Balaban J connectivity index is 3.12. The topological polar surface area (TPSA) is 95.5 Å². The van der Waals surface area contributed by atoms with Gasteiger partial charge >= 0.3 is 5.97 Å². The molecule has 1 aromatic heterocycles. The van der Waals surface area contributed by atoms with Gasteiger partial charge in [0.2, 0.25) is 5.75 Å². The van der Waals surface area contributed by atoms with Crippen molar-refractivity contribution in [3.05, 3.63) is 16.7 Å². The van der Waals surface area contributed by atoms with Gasteiger partial charge in [-0.15, -0.1) is 0 Å². The minimum absolute atomic E-state index is 0.0362. The molecule has 1 unspecified atom stereocenters. The SMILES string of the molecule is CCN(c1nc[nH]c(=O)c1OC)C(C)CC(=O)O. The summed E-state index contributed by atoms with van der Waals surface area (Å²) in [6.07, 6.45) is 1.24. The molecule has 0 saturated carbocycles. The Morgan fingerprint density at radius 2 is 2.33 bits per heavy atom. The average Bonchev–Trinajstić information content (AvgIpc) is 2.29. The van der Waals surface area contributed by atoms with Crippen molar-refractivity contribution in [2.24, 2.45) is 0 Å². The molecule has 1 atom stereocenters. The first kappa shape index (κ1) is 14.0. The Morgan fingerprint density at radius 3 is 2.83 bits per heavy atom. The lowest BCUT2D eigenvalue weighted by Crippen LogP contribution is -2.36. The number of hydrogen-bond donors (Lipinski definition) is 2. The normalized spacial score (nSPS) is 11.9. The number of nitrogens with one attached hydrogen (secondary N) is 1. The highest BCUT2D eigenvalue weighted by Crippen LogP contribution is 2.23. The standard InChI is InChI=1S/C11H17N3O4/c1-4-14(7(2)5-8(15)16)10-9(18-3)11(17)13-6-12-10/h6-7H,4-5H2,1-3H3,(H,15,16)(H,12,13,17). The summed E-state index contributed by atoms with van der Waals surface area (Å²) in [7, 11) is 1.38. The number of H-pyrrole nitrogens is 1. The van der Waals surface area contributed by atoms with Crippen molar-refractivity contribution < 1.29 is 14.6 Å². The van der Waals surface area contributed by atoms with E-state index in [1.807, 2.05) is 6.92 Å². The Morgan fingerprint density at radius 1 is 1.67 bits per heavy atom. The van der Waals surface area contributed by atoms with Gasteiger partial charge in [0.1, 0.15) is 0 Å². The Bertz CT molecular complexity index is 472. The smallest absolute Gasteiger partial charge is 0.305 e. The number of aliphatic carboxylic acids is 1. The fraction of sp³-hybridized carbons (Fsp3) is 0.545. The summed E-state index contributed by atoms with van der Waals surface area (Å²) in [5.74, 6) is -0.446. The number of rotatable bonds is 6. The van der Waals surface area contributed by atoms with Crippen LogP contribution in [0.4, 0.5) is 5.82 Å². The minimum atomic E-state index is -0.898. The molecule has 0 aliphatic carbocycles. The molecule has 1 heterocycles. The molecule has 0 aliphatic rings. The third-order valence-electron chi connectivity index (χ3n) is 2.61. The van der Waals surface area contributed by atoms with E-state index in [0.29, 0.717) is 12.4 Å². The van der Waals surface area contributed by atoms with Gasteiger partial charge in [0.15, 0.2) is 5.82 Å². The van der Waals surface area contributed by atoms with Crippen LogP contribution in [0.5, 0.6) is 5.75 Å². The summed E-state index contributed by atoms with van der Waals surface area (Å²) in [5, 5.41) is 8.81.